The van der Waals surface area contributed by atoms with Crippen LogP contribution in [0.2, 0.25) is 5.02 Å². The molecular weight excluding hydrogens is 326 g/mol. The minimum Gasteiger partial charge on any atom is -0.381 e. The van der Waals surface area contributed by atoms with Gasteiger partial charge in [0.15, 0.2) is 0 Å². The quantitative estimate of drug-likeness (QED) is 0.925. The summed E-state index contributed by atoms with van der Waals surface area (Å²) in [6.45, 7) is 3.77. The zero-order chi connectivity index (χ0) is 17.2. The highest BCUT2D eigenvalue weighted by Crippen LogP contribution is 2.38. The molecule has 1 N–H and O–H groups in total. The zero-order valence-electron chi connectivity index (χ0n) is 14.0. The van der Waals surface area contributed by atoms with Gasteiger partial charge in [-0.25, -0.2) is 0 Å². The van der Waals surface area contributed by atoms with Crippen molar-refractivity contribution in [2.24, 2.45) is 7.05 Å². The van der Waals surface area contributed by atoms with E-state index in [1.807, 2.05) is 32.2 Å². The average Bonchev–Trinajstić information content (AvgIpc) is 2.93. The monoisotopic (exact) mass is 347 g/mol. The van der Waals surface area contributed by atoms with Crippen LogP contribution in [-0.4, -0.2) is 35.4 Å². The Morgan fingerprint density at radius 2 is 2.08 bits per heavy atom. The van der Waals surface area contributed by atoms with Gasteiger partial charge in [-0.3, -0.25) is 9.48 Å². The zero-order valence-corrected chi connectivity index (χ0v) is 14.8. The first-order chi connectivity index (χ1) is 11.5. The van der Waals surface area contributed by atoms with E-state index in [9.17, 15) is 4.79 Å². The molecule has 1 aromatic carbocycles. The van der Waals surface area contributed by atoms with Crippen molar-refractivity contribution in [2.75, 3.05) is 19.8 Å². The number of aryl methyl sites for hydroxylation is 1. The fourth-order valence-electron chi connectivity index (χ4n) is 3.26. The molecular formula is C18H22ClN3O2. The summed E-state index contributed by atoms with van der Waals surface area (Å²) in [5, 5.41) is 7.96. The minimum absolute atomic E-state index is 0.0986. The van der Waals surface area contributed by atoms with Crippen LogP contribution in [0.4, 0.5) is 0 Å². The van der Waals surface area contributed by atoms with Crippen molar-refractivity contribution < 1.29 is 9.53 Å². The molecule has 1 aliphatic heterocycles. The molecule has 2 aromatic rings. The molecule has 1 amide bonds. The van der Waals surface area contributed by atoms with Crippen LogP contribution in [0.15, 0.2) is 30.5 Å². The number of benzene rings is 1. The lowest BCUT2D eigenvalue weighted by Crippen LogP contribution is -2.44. The first kappa shape index (κ1) is 17.0. The van der Waals surface area contributed by atoms with Crippen molar-refractivity contribution in [3.63, 3.8) is 0 Å². The molecule has 6 heteroatoms. The van der Waals surface area contributed by atoms with Crippen LogP contribution in [0.1, 0.15) is 34.5 Å². The third-order valence-electron chi connectivity index (χ3n) is 4.96. The fraction of sp³-hybridized carbons (Fsp3) is 0.444. The van der Waals surface area contributed by atoms with E-state index in [-0.39, 0.29) is 11.3 Å². The van der Waals surface area contributed by atoms with E-state index in [0.29, 0.717) is 25.3 Å². The number of halogens is 1. The smallest absolute Gasteiger partial charge is 0.254 e. The molecule has 128 valence electrons. The molecule has 0 saturated carbocycles. The summed E-state index contributed by atoms with van der Waals surface area (Å²) in [7, 11) is 1.83. The Morgan fingerprint density at radius 1 is 1.38 bits per heavy atom. The molecule has 0 atom stereocenters. The maximum absolute atomic E-state index is 12.6. The molecule has 1 aromatic heterocycles. The number of amides is 1. The van der Waals surface area contributed by atoms with Crippen LogP contribution < -0.4 is 5.32 Å². The number of aromatic nitrogens is 2. The number of nitrogens with one attached hydrogen (secondary N) is 1. The molecule has 0 spiro atoms. The Labute approximate surface area is 147 Å². The maximum Gasteiger partial charge on any atom is 0.254 e. The van der Waals surface area contributed by atoms with Gasteiger partial charge in [0.05, 0.1) is 11.8 Å². The number of hydrogen-bond acceptors (Lipinski definition) is 3. The van der Waals surface area contributed by atoms with Crippen LogP contribution in [-0.2, 0) is 17.2 Å². The summed E-state index contributed by atoms with van der Waals surface area (Å²) in [4.78, 5) is 12.6. The highest BCUT2D eigenvalue weighted by molar-refractivity contribution is 6.31. The number of nitrogens with zero attached hydrogens (tertiary/aromatic N) is 2. The summed E-state index contributed by atoms with van der Waals surface area (Å²) in [5.74, 6) is -0.0986. The molecule has 3 rings (SSSR count). The topological polar surface area (TPSA) is 56.1 Å². The van der Waals surface area contributed by atoms with Crippen molar-refractivity contribution in [1.82, 2.24) is 15.1 Å². The van der Waals surface area contributed by atoms with Crippen molar-refractivity contribution >= 4 is 17.5 Å². The number of carbonyl (C=O) groups is 1. The van der Waals surface area contributed by atoms with Gasteiger partial charge in [-0.2, -0.15) is 5.10 Å². The van der Waals surface area contributed by atoms with Crippen LogP contribution in [0.25, 0.3) is 0 Å². The fourth-order valence-corrected chi connectivity index (χ4v) is 3.60. The maximum atomic E-state index is 12.6. The molecule has 2 heterocycles. The summed E-state index contributed by atoms with van der Waals surface area (Å²) in [5.41, 5.74) is 2.35. The number of rotatable bonds is 4. The molecule has 1 saturated heterocycles. The van der Waals surface area contributed by atoms with Crippen LogP contribution >= 0.6 is 11.6 Å². The summed E-state index contributed by atoms with van der Waals surface area (Å²) >= 11 is 6.44. The summed E-state index contributed by atoms with van der Waals surface area (Å²) in [6.07, 6.45) is 3.28. The normalized spacial score (nSPS) is 16.8. The second-order valence-corrected chi connectivity index (χ2v) is 6.73. The van der Waals surface area contributed by atoms with E-state index in [4.69, 9.17) is 16.3 Å². The van der Waals surface area contributed by atoms with Gasteiger partial charge in [0.1, 0.15) is 0 Å². The van der Waals surface area contributed by atoms with Crippen molar-refractivity contribution in [1.29, 1.82) is 0 Å². The van der Waals surface area contributed by atoms with Gasteiger partial charge in [0, 0.05) is 42.9 Å². The SMILES string of the molecule is Cc1c(C(=O)NCC2(c3ccccc3Cl)CCOCC2)cnn1C. The number of ether oxygens (including phenoxy) is 1. The van der Waals surface area contributed by atoms with Gasteiger partial charge in [0.25, 0.3) is 5.91 Å². The van der Waals surface area contributed by atoms with Gasteiger partial charge < -0.3 is 10.1 Å². The lowest BCUT2D eigenvalue weighted by Gasteiger charge is -2.38. The number of hydrogen-bond donors (Lipinski definition) is 1. The average molecular weight is 348 g/mol. The Balaban J connectivity index is 1.82. The lowest BCUT2D eigenvalue weighted by atomic mass is 9.74. The third-order valence-corrected chi connectivity index (χ3v) is 5.29. The molecule has 5 nitrogen and oxygen atoms in total. The van der Waals surface area contributed by atoms with Gasteiger partial charge in [0.2, 0.25) is 0 Å². The van der Waals surface area contributed by atoms with E-state index in [0.717, 1.165) is 29.1 Å². The van der Waals surface area contributed by atoms with Gasteiger partial charge in [-0.1, -0.05) is 29.8 Å². The summed E-state index contributed by atoms with van der Waals surface area (Å²) < 4.78 is 7.23. The lowest BCUT2D eigenvalue weighted by molar-refractivity contribution is 0.0487. The first-order valence-electron chi connectivity index (χ1n) is 8.13. The molecule has 0 radical (unpaired) electrons. The van der Waals surface area contributed by atoms with E-state index in [2.05, 4.69) is 16.5 Å². The van der Waals surface area contributed by atoms with Crippen LogP contribution in [0, 0.1) is 6.92 Å². The van der Waals surface area contributed by atoms with E-state index in [1.165, 1.54) is 0 Å². The molecule has 1 fully saturated rings. The Bertz CT molecular complexity index is 736. The Kier molecular flexibility index (Phi) is 4.92. The van der Waals surface area contributed by atoms with Crippen molar-refractivity contribution in [2.45, 2.75) is 25.2 Å². The van der Waals surface area contributed by atoms with E-state index >= 15 is 0 Å². The van der Waals surface area contributed by atoms with Crippen molar-refractivity contribution in [3.8, 4) is 0 Å². The molecule has 24 heavy (non-hydrogen) atoms. The highest BCUT2D eigenvalue weighted by Gasteiger charge is 2.36. The second-order valence-electron chi connectivity index (χ2n) is 6.32. The van der Waals surface area contributed by atoms with Gasteiger partial charge in [-0.15, -0.1) is 0 Å². The third kappa shape index (κ3) is 3.19. The summed E-state index contributed by atoms with van der Waals surface area (Å²) in [6, 6.07) is 7.87. The predicted molar refractivity (Wildman–Crippen MR) is 93.5 cm³/mol. The highest BCUT2D eigenvalue weighted by atomic mass is 35.5. The predicted octanol–water partition coefficient (Wildman–Crippen LogP) is 2.86. The van der Waals surface area contributed by atoms with Gasteiger partial charge >= 0.3 is 0 Å². The molecule has 0 unspecified atom stereocenters. The van der Waals surface area contributed by atoms with E-state index < -0.39 is 0 Å². The first-order valence-corrected chi connectivity index (χ1v) is 8.51. The second kappa shape index (κ2) is 6.95. The standard InChI is InChI=1S/C18H22ClN3O2/c1-13-14(11-21-22(13)2)17(23)20-12-18(7-9-24-10-8-18)15-5-3-4-6-16(15)19/h3-6,11H,7-10,12H2,1-2H3,(H,20,23). The minimum atomic E-state index is -0.192. The number of carbonyl (C=O) groups excluding carboxylic acids is 1. The van der Waals surface area contributed by atoms with E-state index in [1.54, 1.807) is 10.9 Å². The van der Waals surface area contributed by atoms with Gasteiger partial charge in [-0.05, 0) is 31.4 Å². The van der Waals surface area contributed by atoms with Crippen LogP contribution in [0.3, 0.4) is 0 Å². The largest absolute Gasteiger partial charge is 0.381 e. The molecule has 1 aliphatic rings. The van der Waals surface area contributed by atoms with Crippen molar-refractivity contribution in [3.05, 3.63) is 52.3 Å². The Morgan fingerprint density at radius 3 is 2.71 bits per heavy atom. The Hall–Kier alpha value is -1.85. The molecule has 0 aliphatic carbocycles. The van der Waals surface area contributed by atoms with Crippen LogP contribution in [0.5, 0.6) is 0 Å². The molecule has 0 bridgehead atoms.